The Labute approximate surface area is 63.4 Å². The maximum atomic E-state index is 10.8. The quantitative estimate of drug-likeness (QED) is 0.448. The summed E-state index contributed by atoms with van der Waals surface area (Å²) in [5.74, 6) is -0.679. The Bertz CT molecular complexity index is 224. The molecule has 0 saturated carbocycles. The first-order valence-electron chi connectivity index (χ1n) is 3.08. The third kappa shape index (κ3) is 1.46. The van der Waals surface area contributed by atoms with Gasteiger partial charge in [-0.15, -0.1) is 0 Å². The van der Waals surface area contributed by atoms with Crippen LogP contribution in [0.2, 0.25) is 0 Å². The second-order valence-electron chi connectivity index (χ2n) is 2.01. The van der Waals surface area contributed by atoms with Crippen molar-refractivity contribution >= 4 is 11.8 Å². The van der Waals surface area contributed by atoms with Gasteiger partial charge in [0.1, 0.15) is 0 Å². The van der Waals surface area contributed by atoms with Crippen molar-refractivity contribution in [2.75, 3.05) is 6.54 Å². The first-order chi connectivity index (χ1) is 5.25. The highest BCUT2D eigenvalue weighted by Gasteiger charge is 2.21. The lowest BCUT2D eigenvalue weighted by Gasteiger charge is -2.08. The second kappa shape index (κ2) is 3.01. The molecule has 58 valence electrons. The lowest BCUT2D eigenvalue weighted by atomic mass is 10.5. The van der Waals surface area contributed by atoms with Crippen LogP contribution in [0.4, 0.5) is 0 Å². The zero-order valence-corrected chi connectivity index (χ0v) is 5.73. The molecule has 0 fully saturated rings. The van der Waals surface area contributed by atoms with Gasteiger partial charge in [-0.1, -0.05) is 0 Å². The number of carbonyl (C=O) groups is 2. The predicted octanol–water partition coefficient (Wildman–Crippen LogP) is -0.0169. The summed E-state index contributed by atoms with van der Waals surface area (Å²) in [5, 5.41) is 8.25. The molecule has 0 spiro atoms. The number of imide groups is 1. The molecule has 0 atom stereocenters. The van der Waals surface area contributed by atoms with Crippen LogP contribution < -0.4 is 0 Å². The number of carbonyl (C=O) groups excluding carboxylic acids is 2. The highest BCUT2D eigenvalue weighted by atomic mass is 16.2. The predicted molar refractivity (Wildman–Crippen MR) is 37.6 cm³/mol. The van der Waals surface area contributed by atoms with Crippen molar-refractivity contribution in [1.82, 2.24) is 4.90 Å². The molecular weight excluding hydrogens is 146 g/mol. The van der Waals surface area contributed by atoms with Gasteiger partial charge in [0, 0.05) is 12.2 Å². The van der Waals surface area contributed by atoms with Gasteiger partial charge in [0.15, 0.2) is 0 Å². The van der Waals surface area contributed by atoms with Gasteiger partial charge in [0.2, 0.25) is 0 Å². The van der Waals surface area contributed by atoms with E-state index in [0.717, 1.165) is 11.2 Å². The SMILES string of the molecule is O=C1C=CC(=O)N1CC=CO. The van der Waals surface area contributed by atoms with Crippen LogP contribution in [-0.2, 0) is 9.59 Å². The van der Waals surface area contributed by atoms with E-state index in [-0.39, 0.29) is 18.4 Å². The fraction of sp³-hybridized carbons (Fsp3) is 0.143. The topological polar surface area (TPSA) is 57.6 Å². The summed E-state index contributed by atoms with van der Waals surface area (Å²) < 4.78 is 0. The van der Waals surface area contributed by atoms with E-state index in [1.807, 2.05) is 0 Å². The molecule has 0 bridgehead atoms. The number of aliphatic hydroxyl groups excluding tert-OH is 1. The third-order valence-electron chi connectivity index (χ3n) is 1.29. The van der Waals surface area contributed by atoms with Crippen molar-refractivity contribution in [1.29, 1.82) is 0 Å². The van der Waals surface area contributed by atoms with Gasteiger partial charge < -0.3 is 5.11 Å². The van der Waals surface area contributed by atoms with E-state index in [9.17, 15) is 9.59 Å². The minimum absolute atomic E-state index is 0.126. The Kier molecular flexibility index (Phi) is 2.06. The molecule has 0 aliphatic carbocycles. The van der Waals surface area contributed by atoms with Crippen LogP contribution >= 0.6 is 0 Å². The number of aliphatic hydroxyl groups is 1. The number of rotatable bonds is 2. The molecular formula is C7H7NO3. The number of hydrogen-bond acceptors (Lipinski definition) is 3. The number of amides is 2. The molecule has 4 heteroatoms. The molecule has 1 aliphatic heterocycles. The maximum absolute atomic E-state index is 10.8. The van der Waals surface area contributed by atoms with Crippen LogP contribution in [0, 0.1) is 0 Å². The molecule has 1 aliphatic rings. The highest BCUT2D eigenvalue weighted by molar-refractivity contribution is 6.12. The maximum Gasteiger partial charge on any atom is 0.253 e. The van der Waals surface area contributed by atoms with Gasteiger partial charge in [0.25, 0.3) is 11.8 Å². The van der Waals surface area contributed by atoms with Crippen LogP contribution in [-0.4, -0.2) is 28.4 Å². The van der Waals surface area contributed by atoms with Crippen molar-refractivity contribution in [3.05, 3.63) is 24.5 Å². The molecule has 2 amide bonds. The Morgan fingerprint density at radius 3 is 2.36 bits per heavy atom. The lowest BCUT2D eigenvalue weighted by molar-refractivity contribution is -0.136. The van der Waals surface area contributed by atoms with Gasteiger partial charge in [-0.05, 0) is 6.08 Å². The van der Waals surface area contributed by atoms with Crippen LogP contribution in [0.25, 0.3) is 0 Å². The molecule has 1 N–H and O–H groups in total. The Morgan fingerprint density at radius 1 is 1.36 bits per heavy atom. The summed E-state index contributed by atoms with van der Waals surface area (Å²) in [6, 6.07) is 0. The normalized spacial score (nSPS) is 17.3. The Hall–Kier alpha value is -1.58. The smallest absolute Gasteiger partial charge is 0.253 e. The number of nitrogens with zero attached hydrogens (tertiary/aromatic N) is 1. The van der Waals surface area contributed by atoms with E-state index in [1.165, 1.54) is 18.2 Å². The van der Waals surface area contributed by atoms with Gasteiger partial charge in [-0.25, -0.2) is 0 Å². The summed E-state index contributed by atoms with van der Waals surface area (Å²) in [4.78, 5) is 22.6. The third-order valence-corrected chi connectivity index (χ3v) is 1.29. The van der Waals surface area contributed by atoms with Gasteiger partial charge in [-0.2, -0.15) is 0 Å². The fourth-order valence-electron chi connectivity index (χ4n) is 0.764. The summed E-state index contributed by atoms with van der Waals surface area (Å²) >= 11 is 0. The molecule has 0 unspecified atom stereocenters. The molecule has 11 heavy (non-hydrogen) atoms. The van der Waals surface area contributed by atoms with Crippen molar-refractivity contribution in [2.45, 2.75) is 0 Å². The number of hydrogen-bond donors (Lipinski definition) is 1. The first-order valence-corrected chi connectivity index (χ1v) is 3.08. The molecule has 1 heterocycles. The van der Waals surface area contributed by atoms with E-state index in [0.29, 0.717) is 0 Å². The van der Waals surface area contributed by atoms with Crippen molar-refractivity contribution < 1.29 is 14.7 Å². The summed E-state index contributed by atoms with van der Waals surface area (Å²) in [7, 11) is 0. The minimum atomic E-state index is -0.340. The van der Waals surface area contributed by atoms with Crippen LogP contribution in [0.15, 0.2) is 24.5 Å². The van der Waals surface area contributed by atoms with E-state index >= 15 is 0 Å². The lowest BCUT2D eigenvalue weighted by Crippen LogP contribution is -2.29. The fourth-order valence-corrected chi connectivity index (χ4v) is 0.764. The summed E-state index contributed by atoms with van der Waals surface area (Å²) in [5.41, 5.74) is 0. The Balaban J connectivity index is 2.59. The van der Waals surface area contributed by atoms with Gasteiger partial charge in [0.05, 0.1) is 12.8 Å². The zero-order chi connectivity index (χ0) is 8.27. The minimum Gasteiger partial charge on any atom is -0.516 e. The summed E-state index contributed by atoms with van der Waals surface area (Å²) in [6.07, 6.45) is 4.53. The molecule has 1 rings (SSSR count). The van der Waals surface area contributed by atoms with Crippen molar-refractivity contribution in [2.24, 2.45) is 0 Å². The van der Waals surface area contributed by atoms with Crippen LogP contribution in [0.1, 0.15) is 0 Å². The monoisotopic (exact) mass is 153 g/mol. The van der Waals surface area contributed by atoms with E-state index < -0.39 is 0 Å². The molecule has 0 aromatic heterocycles. The van der Waals surface area contributed by atoms with Gasteiger partial charge in [-0.3, -0.25) is 14.5 Å². The van der Waals surface area contributed by atoms with E-state index in [1.54, 1.807) is 0 Å². The standard InChI is InChI=1S/C7H7NO3/c9-5-1-4-8-6(10)2-3-7(8)11/h1-3,5,9H,4H2. The van der Waals surface area contributed by atoms with Gasteiger partial charge >= 0.3 is 0 Å². The van der Waals surface area contributed by atoms with E-state index in [4.69, 9.17) is 5.11 Å². The molecule has 0 radical (unpaired) electrons. The van der Waals surface area contributed by atoms with Crippen LogP contribution in [0.5, 0.6) is 0 Å². The van der Waals surface area contributed by atoms with E-state index in [2.05, 4.69) is 0 Å². The second-order valence-corrected chi connectivity index (χ2v) is 2.01. The zero-order valence-electron chi connectivity index (χ0n) is 5.73. The summed E-state index contributed by atoms with van der Waals surface area (Å²) in [6.45, 7) is 0.126. The average Bonchev–Trinajstić information content (AvgIpc) is 2.29. The molecule has 4 nitrogen and oxygen atoms in total. The Morgan fingerprint density at radius 2 is 1.91 bits per heavy atom. The van der Waals surface area contributed by atoms with Crippen molar-refractivity contribution in [3.8, 4) is 0 Å². The highest BCUT2D eigenvalue weighted by Crippen LogP contribution is 2.02. The van der Waals surface area contributed by atoms with Crippen LogP contribution in [0.3, 0.4) is 0 Å². The largest absolute Gasteiger partial charge is 0.516 e. The molecule has 0 saturated heterocycles. The van der Waals surface area contributed by atoms with Crippen molar-refractivity contribution in [3.63, 3.8) is 0 Å². The average molecular weight is 153 g/mol. The molecule has 0 aromatic carbocycles. The molecule has 0 aromatic rings. The first kappa shape index (κ1) is 7.53.